The van der Waals surface area contributed by atoms with Crippen molar-refractivity contribution in [2.75, 3.05) is 13.9 Å². The summed E-state index contributed by atoms with van der Waals surface area (Å²) in [6.07, 6.45) is -2.41. The molecule has 44 heavy (non-hydrogen) atoms. The first kappa shape index (κ1) is 33.8. The zero-order valence-corrected chi connectivity index (χ0v) is 25.6. The van der Waals surface area contributed by atoms with E-state index in [4.69, 9.17) is 28.4 Å². The van der Waals surface area contributed by atoms with Gasteiger partial charge in [-0.1, -0.05) is 58.0 Å². The van der Waals surface area contributed by atoms with Gasteiger partial charge in [-0.05, 0) is 12.5 Å². The predicted molar refractivity (Wildman–Crippen MR) is 153 cm³/mol. The Morgan fingerprint density at radius 1 is 1.00 bits per heavy atom. The largest absolute Gasteiger partial charge is 0.493 e. The smallest absolute Gasteiger partial charge is 0.332 e. The van der Waals surface area contributed by atoms with Crippen LogP contribution in [0.25, 0.3) is 0 Å². The van der Waals surface area contributed by atoms with Crippen molar-refractivity contribution in [1.82, 2.24) is 10.3 Å². The summed E-state index contributed by atoms with van der Waals surface area (Å²) < 4.78 is 32.7. The highest BCUT2D eigenvalue weighted by Gasteiger charge is 2.41. The molecule has 1 aromatic carbocycles. The second kappa shape index (κ2) is 15.7. The molecule has 1 fully saturated rings. The summed E-state index contributed by atoms with van der Waals surface area (Å²) in [6, 6.07) is 8.83. The van der Waals surface area contributed by atoms with Crippen molar-refractivity contribution in [2.45, 2.75) is 71.8 Å². The number of aromatic nitrogens is 1. The first-order valence-corrected chi connectivity index (χ1v) is 14.2. The van der Waals surface area contributed by atoms with E-state index in [1.807, 2.05) is 0 Å². The summed E-state index contributed by atoms with van der Waals surface area (Å²) in [6.45, 7) is 7.51. The number of nitrogens with zero attached hydrogens (tertiary/aromatic N) is 1. The summed E-state index contributed by atoms with van der Waals surface area (Å²) in [7, 11) is 1.35. The molecule has 0 saturated carbocycles. The van der Waals surface area contributed by atoms with E-state index < -0.39 is 72.8 Å². The molecule has 0 aliphatic carbocycles. The molecule has 2 heterocycles. The maximum absolute atomic E-state index is 13.6. The Morgan fingerprint density at radius 3 is 2.32 bits per heavy atom. The fourth-order valence-electron chi connectivity index (χ4n) is 4.10. The Bertz CT molecular complexity index is 1330. The second-order valence-corrected chi connectivity index (χ2v) is 10.7. The molecule has 1 aliphatic rings. The highest BCUT2D eigenvalue weighted by Crippen LogP contribution is 2.30. The molecule has 3 rings (SSSR count). The first-order valence-electron chi connectivity index (χ1n) is 14.2. The molecule has 4 unspecified atom stereocenters. The van der Waals surface area contributed by atoms with Gasteiger partial charge in [0.15, 0.2) is 23.2 Å². The third kappa shape index (κ3) is 9.16. The molecule has 238 valence electrons. The average molecular weight is 615 g/mol. The topological polar surface area (TPSA) is 166 Å². The Morgan fingerprint density at radius 2 is 1.68 bits per heavy atom. The van der Waals surface area contributed by atoms with Gasteiger partial charge in [-0.25, -0.2) is 9.78 Å². The molecule has 0 radical (unpaired) electrons. The molecule has 1 saturated heterocycles. The minimum absolute atomic E-state index is 0.0392. The van der Waals surface area contributed by atoms with Gasteiger partial charge in [0.2, 0.25) is 6.79 Å². The van der Waals surface area contributed by atoms with Crippen molar-refractivity contribution >= 4 is 29.8 Å². The maximum Gasteiger partial charge on any atom is 0.332 e. The monoisotopic (exact) mass is 614 g/mol. The quantitative estimate of drug-likeness (QED) is 0.224. The first-order chi connectivity index (χ1) is 20.9. The van der Waals surface area contributed by atoms with Crippen LogP contribution in [0.15, 0.2) is 42.6 Å². The third-order valence-electron chi connectivity index (χ3n) is 6.59. The number of rotatable bonds is 11. The minimum atomic E-state index is -1.51. The van der Waals surface area contributed by atoms with Crippen molar-refractivity contribution < 1.29 is 52.4 Å². The van der Waals surface area contributed by atoms with E-state index in [0.29, 0.717) is 5.56 Å². The number of amides is 1. The normalized spacial score (nSPS) is 20.4. The van der Waals surface area contributed by atoms with Gasteiger partial charge in [0.25, 0.3) is 5.91 Å². The van der Waals surface area contributed by atoms with E-state index in [9.17, 15) is 24.0 Å². The SMILES string of the molecule is COc1ccnc(C(=O)NC2C(=O)OC(C)C(OC(=O)C(C)C)CC(=O)OC2Cc2ccccc2)c1OCOC(=O)C(C)C. The van der Waals surface area contributed by atoms with Gasteiger partial charge in [-0.2, -0.15) is 0 Å². The Kier molecular flexibility index (Phi) is 12.1. The molecule has 13 heteroatoms. The fraction of sp³-hybridized carbons (Fsp3) is 0.484. The number of hydrogen-bond donors (Lipinski definition) is 1. The summed E-state index contributed by atoms with van der Waals surface area (Å²) in [5.74, 6) is -4.61. The molecule has 2 aromatic rings. The van der Waals surface area contributed by atoms with Crippen molar-refractivity contribution in [1.29, 1.82) is 0 Å². The van der Waals surface area contributed by atoms with Crippen LogP contribution in [0.3, 0.4) is 0 Å². The number of hydrogen-bond acceptors (Lipinski definition) is 12. The van der Waals surface area contributed by atoms with Crippen LogP contribution in [-0.2, 0) is 44.5 Å². The van der Waals surface area contributed by atoms with Gasteiger partial charge >= 0.3 is 23.9 Å². The maximum atomic E-state index is 13.6. The predicted octanol–water partition coefficient (Wildman–Crippen LogP) is 2.78. The van der Waals surface area contributed by atoms with Gasteiger partial charge in [-0.3, -0.25) is 19.2 Å². The number of ether oxygens (including phenoxy) is 6. The molecular weight excluding hydrogens is 576 g/mol. The van der Waals surface area contributed by atoms with E-state index in [1.54, 1.807) is 58.0 Å². The molecule has 4 atom stereocenters. The number of methoxy groups -OCH3 is 1. The number of esters is 4. The van der Waals surface area contributed by atoms with E-state index >= 15 is 0 Å². The van der Waals surface area contributed by atoms with E-state index in [0.717, 1.165) is 0 Å². The lowest BCUT2D eigenvalue weighted by atomic mass is 10.0. The van der Waals surface area contributed by atoms with Gasteiger partial charge in [0, 0.05) is 18.7 Å². The molecule has 0 spiro atoms. The molecule has 13 nitrogen and oxygen atoms in total. The standard InChI is InChI=1S/C31H38N2O11/c1-17(2)29(36)41-16-40-27-21(39-6)12-13-32-26(27)28(35)33-25-23(14-20-10-8-7-9-11-20)43-24(34)15-22(19(5)42-31(25)38)44-30(37)18(3)4/h7-13,17-19,22-23,25H,14-16H2,1-6H3,(H,33,35). The van der Waals surface area contributed by atoms with Crippen LogP contribution in [0, 0.1) is 11.8 Å². The van der Waals surface area contributed by atoms with Crippen LogP contribution in [-0.4, -0.2) is 73.0 Å². The molecule has 0 bridgehead atoms. The average Bonchev–Trinajstić information content (AvgIpc) is 3.02. The zero-order chi connectivity index (χ0) is 32.4. The third-order valence-corrected chi connectivity index (χ3v) is 6.59. The molecule has 1 N–H and O–H groups in total. The number of pyridine rings is 1. The Hall–Kier alpha value is -4.68. The zero-order valence-electron chi connectivity index (χ0n) is 25.6. The summed E-state index contributed by atoms with van der Waals surface area (Å²) >= 11 is 0. The second-order valence-electron chi connectivity index (χ2n) is 10.7. The van der Waals surface area contributed by atoms with Crippen molar-refractivity contribution in [2.24, 2.45) is 11.8 Å². The number of carbonyl (C=O) groups excluding carboxylic acids is 5. The van der Waals surface area contributed by atoms with Crippen molar-refractivity contribution in [3.63, 3.8) is 0 Å². The van der Waals surface area contributed by atoms with Crippen molar-refractivity contribution in [3.8, 4) is 11.5 Å². The van der Waals surface area contributed by atoms with Crippen LogP contribution >= 0.6 is 0 Å². The number of benzene rings is 1. The van der Waals surface area contributed by atoms with Gasteiger partial charge in [0.1, 0.15) is 18.3 Å². The van der Waals surface area contributed by atoms with Gasteiger partial charge in [-0.15, -0.1) is 0 Å². The summed E-state index contributed by atoms with van der Waals surface area (Å²) in [5, 5.41) is 2.57. The summed E-state index contributed by atoms with van der Waals surface area (Å²) in [4.78, 5) is 68.6. The minimum Gasteiger partial charge on any atom is -0.493 e. The lowest BCUT2D eigenvalue weighted by Crippen LogP contribution is -2.52. The van der Waals surface area contributed by atoms with Crippen LogP contribution in [0.2, 0.25) is 0 Å². The van der Waals surface area contributed by atoms with E-state index in [1.165, 1.54) is 26.3 Å². The Balaban J connectivity index is 1.94. The van der Waals surface area contributed by atoms with Gasteiger partial charge in [0.05, 0.1) is 25.4 Å². The molecular formula is C31H38N2O11. The number of nitrogens with one attached hydrogen (secondary N) is 1. The molecule has 1 aliphatic heterocycles. The molecule has 1 amide bonds. The Labute approximate surface area is 255 Å². The van der Waals surface area contributed by atoms with E-state index in [-0.39, 0.29) is 30.0 Å². The fourth-order valence-corrected chi connectivity index (χ4v) is 4.10. The summed E-state index contributed by atoms with van der Waals surface area (Å²) in [5.41, 5.74) is 0.419. The van der Waals surface area contributed by atoms with E-state index in [2.05, 4.69) is 10.3 Å². The number of cyclic esters (lactones) is 2. The van der Waals surface area contributed by atoms with Gasteiger partial charge < -0.3 is 33.7 Å². The van der Waals surface area contributed by atoms with Crippen LogP contribution in [0.4, 0.5) is 0 Å². The highest BCUT2D eigenvalue weighted by atomic mass is 16.7. The lowest BCUT2D eigenvalue weighted by Gasteiger charge is -2.27. The lowest BCUT2D eigenvalue weighted by molar-refractivity contribution is -0.170. The highest BCUT2D eigenvalue weighted by molar-refractivity contribution is 5.98. The van der Waals surface area contributed by atoms with Crippen LogP contribution < -0.4 is 14.8 Å². The number of carbonyl (C=O) groups is 5. The van der Waals surface area contributed by atoms with Crippen LogP contribution in [0.1, 0.15) is 57.1 Å². The van der Waals surface area contributed by atoms with Crippen molar-refractivity contribution in [3.05, 3.63) is 53.9 Å². The molecule has 1 aromatic heterocycles. The van der Waals surface area contributed by atoms with Crippen LogP contribution in [0.5, 0.6) is 11.5 Å².